The second kappa shape index (κ2) is 8.55. The van der Waals surface area contributed by atoms with Crippen LogP contribution in [0.2, 0.25) is 0 Å². The fraction of sp³-hybridized carbons (Fsp3) is 0.316. The van der Waals surface area contributed by atoms with Crippen LogP contribution in [0.25, 0.3) is 0 Å². The molecule has 1 saturated heterocycles. The van der Waals surface area contributed by atoms with Crippen LogP contribution in [0.4, 0.5) is 11.4 Å². The van der Waals surface area contributed by atoms with Crippen LogP contribution < -0.4 is 5.43 Å². The Kier molecular flexibility index (Phi) is 5.93. The molecule has 7 heteroatoms. The van der Waals surface area contributed by atoms with Crippen molar-refractivity contribution in [3.63, 3.8) is 0 Å². The Bertz CT molecular complexity index is 773. The van der Waals surface area contributed by atoms with Gasteiger partial charge >= 0.3 is 0 Å². The molecule has 1 aliphatic heterocycles. The molecular weight excluding hydrogens is 332 g/mol. The van der Waals surface area contributed by atoms with Crippen molar-refractivity contribution in [1.29, 1.82) is 0 Å². The molecule has 1 atom stereocenters. The summed E-state index contributed by atoms with van der Waals surface area (Å²) >= 11 is 0. The highest BCUT2D eigenvalue weighted by molar-refractivity contribution is 5.89. The molecule has 0 saturated carbocycles. The molecule has 136 valence electrons. The second-order valence-corrected chi connectivity index (χ2v) is 6.13. The van der Waals surface area contributed by atoms with Crippen molar-refractivity contribution in [2.24, 2.45) is 5.10 Å². The summed E-state index contributed by atoms with van der Waals surface area (Å²) in [5.41, 5.74) is 5.64. The van der Waals surface area contributed by atoms with E-state index in [1.165, 1.54) is 12.1 Å². The zero-order chi connectivity index (χ0) is 18.4. The first-order chi connectivity index (χ1) is 12.6. The lowest BCUT2D eigenvalue weighted by Gasteiger charge is -2.34. The predicted molar refractivity (Wildman–Crippen MR) is 101 cm³/mol. The minimum absolute atomic E-state index is 0.0336. The summed E-state index contributed by atoms with van der Waals surface area (Å²) in [5, 5.41) is 15.4. The molecule has 0 aromatic heterocycles. The first kappa shape index (κ1) is 18.0. The molecule has 1 fully saturated rings. The Morgan fingerprint density at radius 2 is 1.92 bits per heavy atom. The van der Waals surface area contributed by atoms with E-state index >= 15 is 0 Å². The van der Waals surface area contributed by atoms with Crippen LogP contribution in [0.5, 0.6) is 0 Å². The number of morpholine rings is 1. The van der Waals surface area contributed by atoms with Crippen LogP contribution in [0.3, 0.4) is 0 Å². The Morgan fingerprint density at radius 3 is 2.62 bits per heavy atom. The van der Waals surface area contributed by atoms with Crippen LogP contribution in [-0.2, 0) is 4.74 Å². The van der Waals surface area contributed by atoms with E-state index in [1.807, 2.05) is 25.1 Å². The van der Waals surface area contributed by atoms with Gasteiger partial charge in [-0.25, -0.2) is 0 Å². The van der Waals surface area contributed by atoms with Crippen LogP contribution in [0, 0.1) is 10.1 Å². The molecule has 1 heterocycles. The summed E-state index contributed by atoms with van der Waals surface area (Å²) in [7, 11) is 0. The average Bonchev–Trinajstić information content (AvgIpc) is 2.68. The van der Waals surface area contributed by atoms with Gasteiger partial charge in [0, 0.05) is 25.2 Å². The van der Waals surface area contributed by atoms with Gasteiger partial charge in [0.2, 0.25) is 0 Å². The van der Waals surface area contributed by atoms with Gasteiger partial charge in [0.05, 0.1) is 35.6 Å². The van der Waals surface area contributed by atoms with E-state index in [1.54, 1.807) is 12.1 Å². The smallest absolute Gasteiger partial charge is 0.271 e. The number of hydrogen-bond acceptors (Lipinski definition) is 6. The summed E-state index contributed by atoms with van der Waals surface area (Å²) in [6.07, 6.45) is 0. The highest BCUT2D eigenvalue weighted by Crippen LogP contribution is 2.24. The van der Waals surface area contributed by atoms with Crippen LogP contribution >= 0.6 is 0 Å². The number of nitro groups is 1. The summed E-state index contributed by atoms with van der Waals surface area (Å²) < 4.78 is 5.47. The van der Waals surface area contributed by atoms with Crippen LogP contribution in [0.1, 0.15) is 18.5 Å². The Hall–Kier alpha value is -2.77. The van der Waals surface area contributed by atoms with Gasteiger partial charge in [-0.05, 0) is 18.6 Å². The molecule has 0 radical (unpaired) electrons. The highest BCUT2D eigenvalue weighted by Gasteiger charge is 2.25. The lowest BCUT2D eigenvalue weighted by atomic mass is 10.0. The zero-order valence-electron chi connectivity index (χ0n) is 14.7. The van der Waals surface area contributed by atoms with Gasteiger partial charge in [-0.1, -0.05) is 36.4 Å². The molecule has 0 amide bonds. The topological polar surface area (TPSA) is 80.0 Å². The number of nitrogens with one attached hydrogen (secondary N) is 1. The number of hydrogen-bond donors (Lipinski definition) is 1. The molecule has 7 nitrogen and oxygen atoms in total. The lowest BCUT2D eigenvalue weighted by molar-refractivity contribution is -0.384. The molecule has 1 aliphatic rings. The minimum Gasteiger partial charge on any atom is -0.379 e. The number of nitro benzene ring substituents is 1. The Balaban J connectivity index is 1.82. The van der Waals surface area contributed by atoms with Crippen molar-refractivity contribution in [3.8, 4) is 0 Å². The van der Waals surface area contributed by atoms with E-state index in [2.05, 4.69) is 27.6 Å². The number of benzene rings is 2. The van der Waals surface area contributed by atoms with Crippen molar-refractivity contribution in [2.75, 3.05) is 31.7 Å². The fourth-order valence-electron chi connectivity index (χ4n) is 3.09. The Morgan fingerprint density at radius 1 is 1.19 bits per heavy atom. The summed E-state index contributed by atoms with van der Waals surface area (Å²) in [6, 6.07) is 16.6. The van der Waals surface area contributed by atoms with Crippen LogP contribution in [-0.4, -0.2) is 41.8 Å². The van der Waals surface area contributed by atoms with Crippen molar-refractivity contribution >= 4 is 17.1 Å². The third-order valence-electron chi connectivity index (χ3n) is 4.34. The van der Waals surface area contributed by atoms with Gasteiger partial charge in [-0.3, -0.25) is 20.4 Å². The number of hydrazone groups is 1. The highest BCUT2D eigenvalue weighted by atomic mass is 16.6. The van der Waals surface area contributed by atoms with Crippen molar-refractivity contribution in [1.82, 2.24) is 4.90 Å². The van der Waals surface area contributed by atoms with Gasteiger partial charge in [-0.2, -0.15) is 5.10 Å². The zero-order valence-corrected chi connectivity index (χ0v) is 14.7. The number of rotatable bonds is 6. The second-order valence-electron chi connectivity index (χ2n) is 6.13. The predicted octanol–water partition coefficient (Wildman–Crippen LogP) is 3.46. The third-order valence-corrected chi connectivity index (χ3v) is 4.34. The molecule has 0 unspecified atom stereocenters. The fourth-order valence-corrected chi connectivity index (χ4v) is 3.09. The monoisotopic (exact) mass is 354 g/mol. The van der Waals surface area contributed by atoms with E-state index in [9.17, 15) is 10.1 Å². The van der Waals surface area contributed by atoms with E-state index in [0.29, 0.717) is 18.9 Å². The van der Waals surface area contributed by atoms with E-state index in [-0.39, 0.29) is 11.7 Å². The molecule has 0 aliphatic carbocycles. The molecule has 3 rings (SSSR count). The van der Waals surface area contributed by atoms with Gasteiger partial charge in [-0.15, -0.1) is 0 Å². The van der Waals surface area contributed by atoms with Crippen LogP contribution in [0.15, 0.2) is 59.7 Å². The maximum absolute atomic E-state index is 10.9. The molecule has 26 heavy (non-hydrogen) atoms. The molecule has 2 aromatic carbocycles. The van der Waals surface area contributed by atoms with Crippen molar-refractivity contribution in [2.45, 2.75) is 13.0 Å². The quantitative estimate of drug-likeness (QED) is 0.488. The molecule has 0 bridgehead atoms. The van der Waals surface area contributed by atoms with Gasteiger partial charge in [0.15, 0.2) is 0 Å². The van der Waals surface area contributed by atoms with E-state index in [0.717, 1.165) is 24.4 Å². The standard InChI is InChI=1S/C19H22N4O3/c1-15(20-21-17-8-5-9-18(14-17)23(24)25)19(16-6-3-2-4-7-16)22-10-12-26-13-11-22/h2-9,14,19,21H,10-13H2,1H3/b20-15-/t19-/m1/s1. The third kappa shape index (κ3) is 4.44. The van der Waals surface area contributed by atoms with Gasteiger partial charge in [0.25, 0.3) is 5.69 Å². The number of anilines is 1. The average molecular weight is 354 g/mol. The molecule has 0 spiro atoms. The van der Waals surface area contributed by atoms with Gasteiger partial charge in [0.1, 0.15) is 0 Å². The first-order valence-corrected chi connectivity index (χ1v) is 8.56. The van der Waals surface area contributed by atoms with Crippen molar-refractivity contribution in [3.05, 3.63) is 70.3 Å². The molecule has 1 N–H and O–H groups in total. The largest absolute Gasteiger partial charge is 0.379 e. The van der Waals surface area contributed by atoms with Gasteiger partial charge < -0.3 is 4.74 Å². The van der Waals surface area contributed by atoms with E-state index in [4.69, 9.17) is 4.74 Å². The Labute approximate surface area is 152 Å². The summed E-state index contributed by atoms with van der Waals surface area (Å²) in [5.74, 6) is 0. The normalized spacial score (nSPS) is 16.9. The molecular formula is C19H22N4O3. The number of ether oxygens (including phenoxy) is 1. The minimum atomic E-state index is -0.414. The van der Waals surface area contributed by atoms with Crippen molar-refractivity contribution < 1.29 is 9.66 Å². The number of nitrogens with zero attached hydrogens (tertiary/aromatic N) is 3. The summed E-state index contributed by atoms with van der Waals surface area (Å²) in [6.45, 7) is 5.05. The maximum Gasteiger partial charge on any atom is 0.271 e. The first-order valence-electron chi connectivity index (χ1n) is 8.56. The number of non-ortho nitro benzene ring substituents is 1. The van der Waals surface area contributed by atoms with E-state index < -0.39 is 4.92 Å². The SMILES string of the molecule is C/C(=N/Nc1cccc([N+](=O)[O-])c1)[C@H](c1ccccc1)N1CCOCC1. The maximum atomic E-state index is 10.9. The summed E-state index contributed by atoms with van der Waals surface area (Å²) in [4.78, 5) is 12.8. The lowest BCUT2D eigenvalue weighted by Crippen LogP contribution is -2.41. The molecule has 2 aromatic rings.